The van der Waals surface area contributed by atoms with Gasteiger partial charge in [0.2, 0.25) is 10.0 Å². The minimum absolute atomic E-state index is 0.187. The average Bonchev–Trinajstić information content (AvgIpc) is 2.37. The van der Waals surface area contributed by atoms with Gasteiger partial charge in [-0.05, 0) is 32.9 Å². The van der Waals surface area contributed by atoms with Gasteiger partial charge < -0.3 is 15.4 Å². The van der Waals surface area contributed by atoms with Crippen molar-refractivity contribution < 1.29 is 13.2 Å². The first-order chi connectivity index (χ1) is 9.76. The molecule has 0 aliphatic carbocycles. The Morgan fingerprint density at radius 1 is 1.38 bits per heavy atom. The van der Waals surface area contributed by atoms with Crippen LogP contribution >= 0.6 is 0 Å². The van der Waals surface area contributed by atoms with Gasteiger partial charge in [0.1, 0.15) is 5.75 Å². The molecule has 0 aliphatic rings. The fraction of sp³-hybridized carbons (Fsp3) is 0.571. The highest BCUT2D eigenvalue weighted by molar-refractivity contribution is 7.88. The van der Waals surface area contributed by atoms with Gasteiger partial charge in [0.05, 0.1) is 18.6 Å². The number of hydrogen-bond donors (Lipinski definition) is 2. The van der Waals surface area contributed by atoms with Crippen molar-refractivity contribution in [1.82, 2.24) is 4.72 Å². The summed E-state index contributed by atoms with van der Waals surface area (Å²) in [5, 5.41) is 0. The lowest BCUT2D eigenvalue weighted by atomic mass is 10.2. The molecule has 0 spiro atoms. The maximum atomic E-state index is 11.3. The van der Waals surface area contributed by atoms with Crippen LogP contribution in [-0.4, -0.2) is 40.4 Å². The third-order valence-corrected chi connectivity index (χ3v) is 3.78. The summed E-state index contributed by atoms with van der Waals surface area (Å²) in [6.07, 6.45) is 1.16. The van der Waals surface area contributed by atoms with Crippen LogP contribution in [0.1, 0.15) is 20.8 Å². The zero-order valence-corrected chi connectivity index (χ0v) is 13.9. The van der Waals surface area contributed by atoms with Crippen LogP contribution in [0.3, 0.4) is 0 Å². The monoisotopic (exact) mass is 315 g/mol. The van der Waals surface area contributed by atoms with E-state index in [2.05, 4.69) is 9.62 Å². The van der Waals surface area contributed by atoms with Gasteiger partial charge in [-0.2, -0.15) is 0 Å². The lowest BCUT2D eigenvalue weighted by Gasteiger charge is -2.27. The number of rotatable bonds is 8. The van der Waals surface area contributed by atoms with Crippen LogP contribution in [0.15, 0.2) is 18.2 Å². The molecule has 6 nitrogen and oxygen atoms in total. The highest BCUT2D eigenvalue weighted by atomic mass is 32.2. The number of likely N-dealkylation sites (N-methyl/N-ethyl adjacent to an activating group) is 1. The molecule has 0 aromatic heterocycles. The van der Waals surface area contributed by atoms with Crippen molar-refractivity contribution in [3.05, 3.63) is 18.2 Å². The first kappa shape index (κ1) is 17.6. The van der Waals surface area contributed by atoms with Gasteiger partial charge in [0.25, 0.3) is 0 Å². The van der Waals surface area contributed by atoms with Crippen LogP contribution in [0.2, 0.25) is 0 Å². The van der Waals surface area contributed by atoms with Gasteiger partial charge in [0.15, 0.2) is 0 Å². The summed E-state index contributed by atoms with van der Waals surface area (Å²) in [5.74, 6) is 0.650. The van der Waals surface area contributed by atoms with E-state index in [1.54, 1.807) is 6.07 Å². The summed E-state index contributed by atoms with van der Waals surface area (Å²) in [6.45, 7) is 7.63. The van der Waals surface area contributed by atoms with Crippen molar-refractivity contribution in [1.29, 1.82) is 0 Å². The van der Waals surface area contributed by atoms with Crippen molar-refractivity contribution in [2.45, 2.75) is 26.8 Å². The highest BCUT2D eigenvalue weighted by Crippen LogP contribution is 2.27. The van der Waals surface area contributed by atoms with Gasteiger partial charge in [-0.25, -0.2) is 13.1 Å². The Bertz CT molecular complexity index is 561. The standard InChI is InChI=1S/C14H25N3O3S/c1-5-17(10-11(3)16-21(4,18)19)12-7-8-13(15)14(9-12)20-6-2/h7-9,11,16H,5-6,10,15H2,1-4H3. The minimum atomic E-state index is -3.20. The first-order valence-corrected chi connectivity index (χ1v) is 8.90. The quantitative estimate of drug-likeness (QED) is 0.709. The summed E-state index contributed by atoms with van der Waals surface area (Å²) < 4.78 is 30.6. The summed E-state index contributed by atoms with van der Waals surface area (Å²) in [5.41, 5.74) is 7.42. The van der Waals surface area contributed by atoms with E-state index in [1.807, 2.05) is 32.9 Å². The smallest absolute Gasteiger partial charge is 0.209 e. The van der Waals surface area contributed by atoms with Gasteiger partial charge in [-0.3, -0.25) is 0 Å². The van der Waals surface area contributed by atoms with Gasteiger partial charge >= 0.3 is 0 Å². The number of sulfonamides is 1. The second kappa shape index (κ2) is 7.51. The third kappa shape index (κ3) is 5.81. The highest BCUT2D eigenvalue weighted by Gasteiger charge is 2.14. The number of nitrogens with one attached hydrogen (secondary N) is 1. The topological polar surface area (TPSA) is 84.7 Å². The van der Waals surface area contributed by atoms with E-state index in [0.29, 0.717) is 24.6 Å². The van der Waals surface area contributed by atoms with Crippen LogP contribution in [0.25, 0.3) is 0 Å². The second-order valence-electron chi connectivity index (χ2n) is 4.98. The van der Waals surface area contributed by atoms with Crippen molar-refractivity contribution in [3.63, 3.8) is 0 Å². The number of ether oxygens (including phenoxy) is 1. The fourth-order valence-corrected chi connectivity index (χ4v) is 2.96. The fourth-order valence-electron chi connectivity index (χ4n) is 2.15. The molecular formula is C14H25N3O3S. The van der Waals surface area contributed by atoms with Gasteiger partial charge in [-0.1, -0.05) is 0 Å². The molecule has 0 saturated carbocycles. The average molecular weight is 315 g/mol. The molecule has 1 rings (SSSR count). The minimum Gasteiger partial charge on any atom is -0.492 e. The SMILES string of the molecule is CCOc1cc(N(CC)CC(C)NS(C)(=O)=O)ccc1N. The number of nitrogen functional groups attached to an aromatic ring is 1. The van der Waals surface area contributed by atoms with E-state index in [1.165, 1.54) is 0 Å². The van der Waals surface area contributed by atoms with Gasteiger partial charge in [-0.15, -0.1) is 0 Å². The first-order valence-electron chi connectivity index (χ1n) is 7.01. The number of nitrogens with two attached hydrogens (primary N) is 1. The third-order valence-electron chi connectivity index (χ3n) is 2.95. The number of benzene rings is 1. The van der Waals surface area contributed by atoms with E-state index in [-0.39, 0.29) is 6.04 Å². The molecule has 0 fully saturated rings. The molecule has 0 bridgehead atoms. The Balaban J connectivity index is 2.87. The Morgan fingerprint density at radius 3 is 2.57 bits per heavy atom. The Hall–Kier alpha value is -1.47. The molecule has 1 unspecified atom stereocenters. The number of anilines is 2. The summed E-state index contributed by atoms with van der Waals surface area (Å²) in [6, 6.07) is 5.41. The lowest BCUT2D eigenvalue weighted by molar-refractivity contribution is 0.342. The predicted molar refractivity (Wildman–Crippen MR) is 87.4 cm³/mol. The molecule has 1 aromatic rings. The molecule has 0 saturated heterocycles. The predicted octanol–water partition coefficient (Wildman–Crippen LogP) is 1.43. The molecule has 0 heterocycles. The van der Waals surface area contributed by atoms with E-state index < -0.39 is 10.0 Å². The molecule has 7 heteroatoms. The molecule has 3 N–H and O–H groups in total. The molecule has 21 heavy (non-hydrogen) atoms. The summed E-state index contributed by atoms with van der Waals surface area (Å²) in [4.78, 5) is 2.07. The van der Waals surface area contributed by atoms with Crippen LogP contribution in [0.4, 0.5) is 11.4 Å². The van der Waals surface area contributed by atoms with Crippen molar-refractivity contribution >= 4 is 21.4 Å². The molecule has 120 valence electrons. The van der Waals surface area contributed by atoms with Crippen molar-refractivity contribution in [3.8, 4) is 5.75 Å². The van der Waals surface area contributed by atoms with Gasteiger partial charge in [0, 0.05) is 30.9 Å². The van der Waals surface area contributed by atoms with E-state index >= 15 is 0 Å². The Kier molecular flexibility index (Phi) is 6.29. The molecular weight excluding hydrogens is 290 g/mol. The molecule has 1 atom stereocenters. The Labute approximate surface area is 127 Å². The summed E-state index contributed by atoms with van der Waals surface area (Å²) in [7, 11) is -3.20. The van der Waals surface area contributed by atoms with Crippen molar-refractivity contribution in [2.24, 2.45) is 0 Å². The maximum Gasteiger partial charge on any atom is 0.209 e. The van der Waals surface area contributed by atoms with Crippen LogP contribution in [0.5, 0.6) is 5.75 Å². The van der Waals surface area contributed by atoms with Crippen LogP contribution in [0, 0.1) is 0 Å². The molecule has 0 radical (unpaired) electrons. The normalized spacial score (nSPS) is 13.0. The van der Waals surface area contributed by atoms with Crippen LogP contribution in [-0.2, 0) is 10.0 Å². The van der Waals surface area contributed by atoms with E-state index in [9.17, 15) is 8.42 Å². The molecule has 0 aliphatic heterocycles. The second-order valence-corrected chi connectivity index (χ2v) is 6.76. The van der Waals surface area contributed by atoms with E-state index in [4.69, 9.17) is 10.5 Å². The van der Waals surface area contributed by atoms with E-state index in [0.717, 1.165) is 18.5 Å². The summed E-state index contributed by atoms with van der Waals surface area (Å²) >= 11 is 0. The molecule has 1 aromatic carbocycles. The number of hydrogen-bond acceptors (Lipinski definition) is 5. The largest absolute Gasteiger partial charge is 0.492 e. The Morgan fingerprint density at radius 2 is 2.05 bits per heavy atom. The zero-order chi connectivity index (χ0) is 16.0. The lowest BCUT2D eigenvalue weighted by Crippen LogP contribution is -2.41. The molecule has 0 amide bonds. The maximum absolute atomic E-state index is 11.3. The zero-order valence-electron chi connectivity index (χ0n) is 13.1. The van der Waals surface area contributed by atoms with Crippen LogP contribution < -0.4 is 20.1 Å². The number of nitrogens with zero attached hydrogens (tertiary/aromatic N) is 1. The van der Waals surface area contributed by atoms with Crippen molar-refractivity contribution in [2.75, 3.05) is 36.6 Å².